The fraction of sp³-hybridized carbons (Fsp3) is 0. The number of halogens is 2. The number of carbonyl (C=O) groups is 1. The van der Waals surface area contributed by atoms with Crippen LogP contribution < -0.4 is 11.1 Å². The third-order valence-electron chi connectivity index (χ3n) is 2.20. The molecule has 0 saturated carbocycles. The second-order valence-electron chi connectivity index (χ2n) is 3.56. The Balaban J connectivity index is 2.18. The molecule has 1 aromatic heterocycles. The molecule has 0 aliphatic heterocycles. The summed E-state index contributed by atoms with van der Waals surface area (Å²) in [6, 6.07) is 6.98. The quantitative estimate of drug-likeness (QED) is 0.877. The molecule has 0 radical (unpaired) electrons. The molecule has 0 unspecified atom stereocenters. The summed E-state index contributed by atoms with van der Waals surface area (Å²) in [7, 11) is 0. The molecule has 0 spiro atoms. The number of nitrogen functional groups attached to an aromatic ring is 1. The Morgan fingerprint density at radius 3 is 2.72 bits per heavy atom. The number of nitrogens with one attached hydrogen (secondary N) is 1. The first-order valence-electron chi connectivity index (χ1n) is 5.04. The SMILES string of the molecule is Nc1ccc(C(=O)Nc2ccc(Cl)cc2F)nc1. The third-order valence-corrected chi connectivity index (χ3v) is 2.43. The highest BCUT2D eigenvalue weighted by molar-refractivity contribution is 6.30. The Kier molecular flexibility index (Phi) is 3.43. The molecule has 0 atom stereocenters. The second kappa shape index (κ2) is 5.01. The predicted molar refractivity (Wildman–Crippen MR) is 68.0 cm³/mol. The lowest BCUT2D eigenvalue weighted by Crippen LogP contribution is -2.14. The standard InChI is InChI=1S/C12H9ClFN3O/c13-7-1-3-10(9(14)5-7)17-12(18)11-4-2-8(15)6-16-11/h1-6H,15H2,(H,17,18). The Morgan fingerprint density at radius 2 is 2.11 bits per heavy atom. The van der Waals surface area contributed by atoms with E-state index in [-0.39, 0.29) is 16.4 Å². The maximum absolute atomic E-state index is 13.5. The number of nitrogens with two attached hydrogens (primary N) is 1. The van der Waals surface area contributed by atoms with Gasteiger partial charge in [0.25, 0.3) is 5.91 Å². The molecule has 1 aromatic carbocycles. The Morgan fingerprint density at radius 1 is 1.33 bits per heavy atom. The molecule has 0 aliphatic rings. The molecule has 0 fully saturated rings. The number of anilines is 2. The van der Waals surface area contributed by atoms with Crippen molar-refractivity contribution in [3.63, 3.8) is 0 Å². The Bertz CT molecular complexity index is 586. The summed E-state index contributed by atoms with van der Waals surface area (Å²) in [6.45, 7) is 0. The van der Waals surface area contributed by atoms with Gasteiger partial charge in [-0.2, -0.15) is 0 Å². The van der Waals surface area contributed by atoms with Gasteiger partial charge >= 0.3 is 0 Å². The minimum absolute atomic E-state index is 0.0445. The van der Waals surface area contributed by atoms with Crippen LogP contribution in [0, 0.1) is 5.82 Å². The molecular weight excluding hydrogens is 257 g/mol. The average Bonchev–Trinajstić information content (AvgIpc) is 2.33. The van der Waals surface area contributed by atoms with Gasteiger partial charge in [-0.25, -0.2) is 9.37 Å². The number of benzene rings is 1. The number of rotatable bonds is 2. The van der Waals surface area contributed by atoms with Crippen molar-refractivity contribution in [2.24, 2.45) is 0 Å². The van der Waals surface area contributed by atoms with Gasteiger partial charge < -0.3 is 11.1 Å². The van der Waals surface area contributed by atoms with Crippen molar-refractivity contribution in [1.82, 2.24) is 4.98 Å². The first kappa shape index (κ1) is 12.3. The normalized spacial score (nSPS) is 10.1. The summed E-state index contributed by atoms with van der Waals surface area (Å²) in [5.74, 6) is -1.12. The second-order valence-corrected chi connectivity index (χ2v) is 3.99. The monoisotopic (exact) mass is 265 g/mol. The summed E-state index contributed by atoms with van der Waals surface area (Å²) in [5.41, 5.74) is 6.10. The van der Waals surface area contributed by atoms with Crippen molar-refractivity contribution < 1.29 is 9.18 Å². The molecule has 2 aromatic rings. The van der Waals surface area contributed by atoms with E-state index in [1.807, 2.05) is 0 Å². The van der Waals surface area contributed by atoms with Crippen molar-refractivity contribution in [3.05, 3.63) is 53.1 Å². The lowest BCUT2D eigenvalue weighted by atomic mass is 10.2. The van der Waals surface area contributed by atoms with Crippen LogP contribution in [-0.4, -0.2) is 10.9 Å². The lowest BCUT2D eigenvalue weighted by Gasteiger charge is -2.06. The average molecular weight is 266 g/mol. The van der Waals surface area contributed by atoms with E-state index in [2.05, 4.69) is 10.3 Å². The largest absolute Gasteiger partial charge is 0.397 e. The van der Waals surface area contributed by atoms with Gasteiger partial charge in [0.2, 0.25) is 0 Å². The van der Waals surface area contributed by atoms with E-state index in [9.17, 15) is 9.18 Å². The topological polar surface area (TPSA) is 68.0 Å². The van der Waals surface area contributed by atoms with Gasteiger partial charge in [0.1, 0.15) is 11.5 Å². The zero-order valence-corrected chi connectivity index (χ0v) is 9.91. The number of pyridine rings is 1. The molecule has 18 heavy (non-hydrogen) atoms. The number of hydrogen-bond acceptors (Lipinski definition) is 3. The smallest absolute Gasteiger partial charge is 0.274 e. The van der Waals surface area contributed by atoms with Crippen LogP contribution in [0.5, 0.6) is 0 Å². The number of carbonyl (C=O) groups excluding carboxylic acids is 1. The number of hydrogen-bond donors (Lipinski definition) is 2. The minimum atomic E-state index is -0.605. The van der Waals surface area contributed by atoms with Crippen molar-refractivity contribution in [2.45, 2.75) is 0 Å². The lowest BCUT2D eigenvalue weighted by molar-refractivity contribution is 0.102. The van der Waals surface area contributed by atoms with E-state index in [0.717, 1.165) is 6.07 Å². The summed E-state index contributed by atoms with van der Waals surface area (Å²) in [5, 5.41) is 2.66. The van der Waals surface area contributed by atoms with Crippen LogP contribution >= 0.6 is 11.6 Å². The van der Waals surface area contributed by atoms with Crippen LogP contribution in [0.4, 0.5) is 15.8 Å². The Labute approximate surface area is 108 Å². The Hall–Kier alpha value is -2.14. The number of amides is 1. The van der Waals surface area contributed by atoms with Gasteiger partial charge in [-0.05, 0) is 30.3 Å². The van der Waals surface area contributed by atoms with E-state index < -0.39 is 11.7 Å². The summed E-state index contributed by atoms with van der Waals surface area (Å²) in [6.07, 6.45) is 1.35. The first-order chi connectivity index (χ1) is 8.56. The van der Waals surface area contributed by atoms with E-state index in [4.69, 9.17) is 17.3 Å². The van der Waals surface area contributed by atoms with Gasteiger partial charge in [0.15, 0.2) is 0 Å². The fourth-order valence-corrected chi connectivity index (χ4v) is 1.48. The molecule has 0 saturated heterocycles. The highest BCUT2D eigenvalue weighted by Gasteiger charge is 2.10. The van der Waals surface area contributed by atoms with Gasteiger partial charge in [0, 0.05) is 5.02 Å². The van der Waals surface area contributed by atoms with Gasteiger partial charge in [0.05, 0.1) is 17.6 Å². The summed E-state index contributed by atoms with van der Waals surface area (Å²) in [4.78, 5) is 15.6. The van der Waals surface area contributed by atoms with Crippen LogP contribution in [0.3, 0.4) is 0 Å². The van der Waals surface area contributed by atoms with Crippen molar-refractivity contribution >= 4 is 28.9 Å². The van der Waals surface area contributed by atoms with Crippen LogP contribution in [0.1, 0.15) is 10.5 Å². The minimum Gasteiger partial charge on any atom is -0.397 e. The first-order valence-corrected chi connectivity index (χ1v) is 5.42. The molecule has 92 valence electrons. The zero-order valence-electron chi connectivity index (χ0n) is 9.15. The van der Waals surface area contributed by atoms with Crippen LogP contribution in [0.15, 0.2) is 36.5 Å². The van der Waals surface area contributed by atoms with E-state index >= 15 is 0 Å². The van der Waals surface area contributed by atoms with Crippen molar-refractivity contribution in [2.75, 3.05) is 11.1 Å². The van der Waals surface area contributed by atoms with Crippen molar-refractivity contribution in [1.29, 1.82) is 0 Å². The molecule has 0 aliphatic carbocycles. The van der Waals surface area contributed by atoms with Crippen LogP contribution in [0.25, 0.3) is 0 Å². The molecule has 4 nitrogen and oxygen atoms in total. The van der Waals surface area contributed by atoms with Crippen molar-refractivity contribution in [3.8, 4) is 0 Å². The molecule has 1 amide bonds. The molecule has 6 heteroatoms. The molecule has 2 rings (SSSR count). The molecule has 3 N–H and O–H groups in total. The van der Waals surface area contributed by atoms with E-state index in [1.54, 1.807) is 6.07 Å². The van der Waals surface area contributed by atoms with E-state index in [0.29, 0.717) is 5.69 Å². The fourth-order valence-electron chi connectivity index (χ4n) is 1.32. The van der Waals surface area contributed by atoms with Crippen LogP contribution in [-0.2, 0) is 0 Å². The maximum atomic E-state index is 13.5. The van der Waals surface area contributed by atoms with E-state index in [1.165, 1.54) is 24.4 Å². The maximum Gasteiger partial charge on any atom is 0.274 e. The molecule has 1 heterocycles. The highest BCUT2D eigenvalue weighted by Crippen LogP contribution is 2.19. The highest BCUT2D eigenvalue weighted by atomic mass is 35.5. The third kappa shape index (κ3) is 2.75. The molecular formula is C12H9ClFN3O. The number of nitrogens with zero attached hydrogens (tertiary/aromatic N) is 1. The summed E-state index contributed by atoms with van der Waals surface area (Å²) < 4.78 is 13.5. The van der Waals surface area contributed by atoms with Gasteiger partial charge in [-0.3, -0.25) is 4.79 Å². The van der Waals surface area contributed by atoms with Gasteiger partial charge in [-0.1, -0.05) is 11.6 Å². The predicted octanol–water partition coefficient (Wildman–Crippen LogP) is 2.71. The molecule has 0 bridgehead atoms. The van der Waals surface area contributed by atoms with Crippen LogP contribution in [0.2, 0.25) is 5.02 Å². The van der Waals surface area contributed by atoms with Gasteiger partial charge in [-0.15, -0.1) is 0 Å². The zero-order chi connectivity index (χ0) is 13.1. The summed E-state index contributed by atoms with van der Waals surface area (Å²) >= 11 is 5.61. The number of aromatic nitrogens is 1.